The van der Waals surface area contributed by atoms with Crippen LogP contribution in [0, 0.1) is 29.6 Å². The van der Waals surface area contributed by atoms with Crippen molar-refractivity contribution in [2.75, 3.05) is 6.54 Å². The van der Waals surface area contributed by atoms with Gasteiger partial charge in [-0.15, -0.1) is 0 Å². The number of allylic oxidation sites excluding steroid dienone is 1. The Kier molecular flexibility index (Phi) is 5.86. The molecule has 0 N–H and O–H groups in total. The molecule has 3 aliphatic carbocycles. The highest BCUT2D eigenvalue weighted by molar-refractivity contribution is 5.18. The molecule has 0 bridgehead atoms. The van der Waals surface area contributed by atoms with Gasteiger partial charge in [-0.05, 0) is 60.8 Å². The summed E-state index contributed by atoms with van der Waals surface area (Å²) in [6.07, 6.45) is 24.7. The summed E-state index contributed by atoms with van der Waals surface area (Å²) in [6, 6.07) is 0. The molecule has 1 radical (unpaired) electrons. The fourth-order valence-corrected chi connectivity index (χ4v) is 6.66. The zero-order valence-electron chi connectivity index (χ0n) is 15.7. The van der Waals surface area contributed by atoms with Crippen LogP contribution in [-0.2, 0) is 0 Å². The van der Waals surface area contributed by atoms with Crippen molar-refractivity contribution in [3.63, 3.8) is 0 Å². The SMILES string of the molecule is C1=C(C2CCCCC2)C(C2CCCCC2)C(C2CCCCC2)C[N]1. The molecule has 4 rings (SSSR count). The standard InChI is InChI=1S/C23H38N/c1-4-10-18(11-5-1)21-16-24-17-22(19-12-6-2-7-13-19)23(21)20-14-8-3-9-15-20/h16,18-20,22-23H,1-15,17H2. The van der Waals surface area contributed by atoms with E-state index in [2.05, 4.69) is 6.20 Å². The molecule has 0 aromatic rings. The molecule has 24 heavy (non-hydrogen) atoms. The Labute approximate surface area is 150 Å². The Bertz CT molecular complexity index is 408. The van der Waals surface area contributed by atoms with E-state index in [1.807, 2.05) is 5.57 Å². The van der Waals surface area contributed by atoms with Crippen molar-refractivity contribution in [2.24, 2.45) is 29.6 Å². The fraction of sp³-hybridized carbons (Fsp3) is 0.913. The lowest BCUT2D eigenvalue weighted by Crippen LogP contribution is -2.41. The van der Waals surface area contributed by atoms with Crippen LogP contribution in [0.25, 0.3) is 0 Å². The van der Waals surface area contributed by atoms with Crippen molar-refractivity contribution in [3.05, 3.63) is 11.8 Å². The van der Waals surface area contributed by atoms with Gasteiger partial charge in [0.2, 0.25) is 0 Å². The summed E-state index contributed by atoms with van der Waals surface area (Å²) in [4.78, 5) is 0. The fourth-order valence-electron chi connectivity index (χ4n) is 6.66. The number of rotatable bonds is 3. The van der Waals surface area contributed by atoms with E-state index in [-0.39, 0.29) is 0 Å². The van der Waals surface area contributed by atoms with Gasteiger partial charge in [0.25, 0.3) is 0 Å². The third kappa shape index (κ3) is 3.70. The third-order valence-electron chi connectivity index (χ3n) is 7.89. The van der Waals surface area contributed by atoms with Gasteiger partial charge >= 0.3 is 0 Å². The number of hydrogen-bond acceptors (Lipinski definition) is 0. The Morgan fingerprint density at radius 2 is 1.17 bits per heavy atom. The minimum atomic E-state index is 0.890. The second-order valence-electron chi connectivity index (χ2n) is 9.31. The lowest BCUT2D eigenvalue weighted by Gasteiger charge is -2.46. The van der Waals surface area contributed by atoms with Crippen LogP contribution < -0.4 is 5.32 Å². The zero-order chi connectivity index (χ0) is 16.2. The van der Waals surface area contributed by atoms with Crippen LogP contribution in [0.1, 0.15) is 96.3 Å². The summed E-state index contributed by atoms with van der Waals surface area (Å²) in [7, 11) is 0. The maximum Gasteiger partial charge on any atom is 0.0426 e. The highest BCUT2D eigenvalue weighted by Crippen LogP contribution is 2.49. The first-order valence-electron chi connectivity index (χ1n) is 11.3. The predicted octanol–water partition coefficient (Wildman–Crippen LogP) is 6.46. The van der Waals surface area contributed by atoms with E-state index in [4.69, 9.17) is 5.32 Å². The lowest BCUT2D eigenvalue weighted by atomic mass is 9.61. The normalized spacial score (nSPS) is 34.6. The van der Waals surface area contributed by atoms with Gasteiger partial charge in [0, 0.05) is 12.7 Å². The summed E-state index contributed by atoms with van der Waals surface area (Å²) < 4.78 is 0. The summed E-state index contributed by atoms with van der Waals surface area (Å²) in [5.41, 5.74) is 1.84. The van der Waals surface area contributed by atoms with E-state index in [0.29, 0.717) is 0 Å². The van der Waals surface area contributed by atoms with Crippen molar-refractivity contribution in [2.45, 2.75) is 96.3 Å². The summed E-state index contributed by atoms with van der Waals surface area (Å²) in [6.45, 7) is 1.15. The van der Waals surface area contributed by atoms with Crippen LogP contribution in [0.2, 0.25) is 0 Å². The first-order chi connectivity index (χ1) is 11.9. The molecule has 1 aliphatic heterocycles. The Morgan fingerprint density at radius 1 is 0.625 bits per heavy atom. The number of nitrogens with zero attached hydrogens (tertiary/aromatic N) is 1. The van der Waals surface area contributed by atoms with Crippen LogP contribution in [0.3, 0.4) is 0 Å². The monoisotopic (exact) mass is 328 g/mol. The molecule has 0 amide bonds. The quantitative estimate of drug-likeness (QED) is 0.564. The summed E-state index contributed by atoms with van der Waals surface area (Å²) in [5, 5.41) is 4.97. The average Bonchev–Trinajstić information content (AvgIpc) is 2.69. The molecule has 4 aliphatic rings. The number of hydrogen-bond donors (Lipinski definition) is 0. The Morgan fingerprint density at radius 3 is 1.79 bits per heavy atom. The molecule has 3 saturated carbocycles. The molecule has 0 spiro atoms. The molecule has 2 unspecified atom stereocenters. The maximum absolute atomic E-state index is 4.97. The van der Waals surface area contributed by atoms with Gasteiger partial charge in [0.05, 0.1) is 0 Å². The second kappa shape index (κ2) is 8.28. The largest absolute Gasteiger partial charge is 0.293 e. The van der Waals surface area contributed by atoms with Gasteiger partial charge in [-0.2, -0.15) is 0 Å². The van der Waals surface area contributed by atoms with Crippen LogP contribution in [0.5, 0.6) is 0 Å². The molecule has 0 aromatic heterocycles. The molecule has 1 heterocycles. The zero-order valence-corrected chi connectivity index (χ0v) is 15.7. The maximum atomic E-state index is 4.97. The van der Waals surface area contributed by atoms with Gasteiger partial charge in [-0.3, -0.25) is 5.32 Å². The van der Waals surface area contributed by atoms with Crippen LogP contribution >= 0.6 is 0 Å². The van der Waals surface area contributed by atoms with Crippen LogP contribution in [-0.4, -0.2) is 6.54 Å². The van der Waals surface area contributed by atoms with E-state index in [9.17, 15) is 0 Å². The van der Waals surface area contributed by atoms with E-state index in [1.165, 1.54) is 96.3 Å². The van der Waals surface area contributed by atoms with E-state index in [0.717, 1.165) is 36.1 Å². The van der Waals surface area contributed by atoms with E-state index < -0.39 is 0 Å². The van der Waals surface area contributed by atoms with Gasteiger partial charge in [-0.25, -0.2) is 0 Å². The minimum absolute atomic E-state index is 0.890. The molecule has 135 valence electrons. The van der Waals surface area contributed by atoms with Crippen LogP contribution in [0.4, 0.5) is 0 Å². The van der Waals surface area contributed by atoms with Crippen molar-refractivity contribution in [3.8, 4) is 0 Å². The molecule has 0 aromatic carbocycles. The molecule has 2 atom stereocenters. The molecule has 1 nitrogen and oxygen atoms in total. The molecule has 3 fully saturated rings. The van der Waals surface area contributed by atoms with Gasteiger partial charge in [-0.1, -0.05) is 70.6 Å². The van der Waals surface area contributed by atoms with Crippen molar-refractivity contribution < 1.29 is 0 Å². The Hall–Kier alpha value is -0.460. The average molecular weight is 329 g/mol. The van der Waals surface area contributed by atoms with E-state index >= 15 is 0 Å². The van der Waals surface area contributed by atoms with Crippen molar-refractivity contribution in [1.29, 1.82) is 0 Å². The smallest absolute Gasteiger partial charge is 0.0426 e. The molecular weight excluding hydrogens is 290 g/mol. The highest BCUT2D eigenvalue weighted by atomic mass is 14.9. The third-order valence-corrected chi connectivity index (χ3v) is 7.89. The van der Waals surface area contributed by atoms with E-state index in [1.54, 1.807) is 0 Å². The van der Waals surface area contributed by atoms with Gasteiger partial charge in [0.15, 0.2) is 0 Å². The highest BCUT2D eigenvalue weighted by Gasteiger charge is 2.41. The van der Waals surface area contributed by atoms with Gasteiger partial charge < -0.3 is 0 Å². The molecule has 0 saturated heterocycles. The first-order valence-corrected chi connectivity index (χ1v) is 11.3. The van der Waals surface area contributed by atoms with Crippen LogP contribution in [0.15, 0.2) is 11.8 Å². The Balaban J connectivity index is 1.56. The van der Waals surface area contributed by atoms with Crippen molar-refractivity contribution >= 4 is 0 Å². The second-order valence-corrected chi connectivity index (χ2v) is 9.31. The van der Waals surface area contributed by atoms with Gasteiger partial charge in [0.1, 0.15) is 0 Å². The predicted molar refractivity (Wildman–Crippen MR) is 102 cm³/mol. The molecular formula is C23H38N. The first kappa shape index (κ1) is 17.0. The summed E-state index contributed by atoms with van der Waals surface area (Å²) in [5.74, 6) is 4.68. The lowest BCUT2D eigenvalue weighted by molar-refractivity contribution is 0.111. The summed E-state index contributed by atoms with van der Waals surface area (Å²) >= 11 is 0. The molecule has 1 heteroatoms. The minimum Gasteiger partial charge on any atom is -0.293 e. The van der Waals surface area contributed by atoms with Crippen molar-refractivity contribution in [1.82, 2.24) is 5.32 Å². The topological polar surface area (TPSA) is 14.1 Å².